The Morgan fingerprint density at radius 2 is 2.06 bits per heavy atom. The molecule has 2 heterocycles. The Morgan fingerprint density at radius 3 is 2.76 bits per heavy atom. The number of hydrogen-bond acceptors (Lipinski definition) is 6. The standard InChI is InChI=1S/C22H26ClFN4O5S/c23-16-4-3-15(18(24)10-16)12-26-21(29)19-2-1-5-28(19)22(30)20-13-27(6-7-33-20)34(31,32)17-8-14(9-17)11-25/h3-4,10,14,17,19-20H,1-2,5-9,12-13H2,(H,26,29)/t14?,17?,19-,20+/m1/s1. The fourth-order valence-electron chi connectivity index (χ4n) is 4.58. The zero-order valence-corrected chi connectivity index (χ0v) is 20.0. The van der Waals surface area contributed by atoms with Gasteiger partial charge in [-0.25, -0.2) is 12.8 Å². The average Bonchev–Trinajstić information content (AvgIpc) is 3.27. The van der Waals surface area contributed by atoms with E-state index in [0.717, 1.165) is 0 Å². The maximum Gasteiger partial charge on any atom is 0.253 e. The van der Waals surface area contributed by atoms with Crippen LogP contribution in [-0.2, 0) is 30.9 Å². The summed E-state index contributed by atoms with van der Waals surface area (Å²) in [5, 5.41) is 11.2. The SMILES string of the molecule is N#CC1CC(S(=O)(=O)N2CCO[C@H](C(=O)N3CCC[C@@H]3C(=O)NCc3ccc(Cl)cc3F)C2)C1. The van der Waals surface area contributed by atoms with Gasteiger partial charge in [-0.1, -0.05) is 17.7 Å². The van der Waals surface area contributed by atoms with E-state index in [1.165, 1.54) is 27.4 Å². The molecule has 1 N–H and O–H groups in total. The molecule has 184 valence electrons. The molecule has 0 unspecified atom stereocenters. The molecule has 3 fully saturated rings. The largest absolute Gasteiger partial charge is 0.366 e. The van der Waals surface area contributed by atoms with Crippen LogP contribution in [0.25, 0.3) is 0 Å². The number of amides is 2. The molecule has 1 aromatic carbocycles. The van der Waals surface area contributed by atoms with Crippen LogP contribution in [0, 0.1) is 23.1 Å². The van der Waals surface area contributed by atoms with Crippen molar-refractivity contribution in [3.63, 3.8) is 0 Å². The minimum absolute atomic E-state index is 0.0443. The topological polar surface area (TPSA) is 120 Å². The smallest absolute Gasteiger partial charge is 0.253 e. The highest BCUT2D eigenvalue weighted by Gasteiger charge is 2.45. The lowest BCUT2D eigenvalue weighted by molar-refractivity contribution is -0.151. The summed E-state index contributed by atoms with van der Waals surface area (Å²) in [5.41, 5.74) is 0.278. The van der Waals surface area contributed by atoms with Gasteiger partial charge in [0.1, 0.15) is 18.0 Å². The second-order valence-corrected chi connectivity index (χ2v) is 11.5. The van der Waals surface area contributed by atoms with E-state index in [9.17, 15) is 22.4 Å². The second kappa shape index (κ2) is 10.2. The number of hydrogen-bond donors (Lipinski definition) is 1. The van der Waals surface area contributed by atoms with Gasteiger partial charge < -0.3 is 15.0 Å². The number of nitrogens with one attached hydrogen (secondary N) is 1. The summed E-state index contributed by atoms with van der Waals surface area (Å²) in [7, 11) is -3.63. The molecule has 0 spiro atoms. The van der Waals surface area contributed by atoms with Crippen LogP contribution in [0.5, 0.6) is 0 Å². The number of rotatable bonds is 6. The fourth-order valence-corrected chi connectivity index (χ4v) is 6.79. The van der Waals surface area contributed by atoms with Crippen molar-refractivity contribution >= 4 is 33.4 Å². The maximum atomic E-state index is 14.0. The predicted octanol–water partition coefficient (Wildman–Crippen LogP) is 1.42. The Bertz CT molecular complexity index is 1110. The number of carbonyl (C=O) groups is 2. The van der Waals surface area contributed by atoms with Gasteiger partial charge in [-0.2, -0.15) is 9.57 Å². The molecule has 1 aliphatic carbocycles. The number of ether oxygens (including phenoxy) is 1. The van der Waals surface area contributed by atoms with Crippen LogP contribution in [-0.4, -0.2) is 73.1 Å². The Kier molecular flexibility index (Phi) is 7.42. The molecule has 2 atom stereocenters. The molecule has 3 aliphatic rings. The number of morpholine rings is 1. The van der Waals surface area contributed by atoms with Crippen molar-refractivity contribution in [1.29, 1.82) is 5.26 Å². The number of benzene rings is 1. The van der Waals surface area contributed by atoms with E-state index in [1.54, 1.807) is 0 Å². The van der Waals surface area contributed by atoms with Gasteiger partial charge in [-0.05, 0) is 37.8 Å². The normalized spacial score (nSPS) is 27.6. The Morgan fingerprint density at radius 1 is 1.29 bits per heavy atom. The number of nitrogens with zero attached hydrogens (tertiary/aromatic N) is 3. The highest BCUT2D eigenvalue weighted by Crippen LogP contribution is 2.34. The van der Waals surface area contributed by atoms with Crippen LogP contribution in [0.2, 0.25) is 5.02 Å². The van der Waals surface area contributed by atoms with E-state index < -0.39 is 45.1 Å². The van der Waals surface area contributed by atoms with Crippen LogP contribution in [0.1, 0.15) is 31.2 Å². The van der Waals surface area contributed by atoms with E-state index in [2.05, 4.69) is 11.4 Å². The molecule has 2 amide bonds. The summed E-state index contributed by atoms with van der Waals surface area (Å²) in [6.45, 7) is 0.416. The molecular weight excluding hydrogens is 487 g/mol. The number of sulfonamides is 1. The molecule has 34 heavy (non-hydrogen) atoms. The molecular formula is C22H26ClFN4O5S. The van der Waals surface area contributed by atoms with Crippen LogP contribution >= 0.6 is 11.6 Å². The summed E-state index contributed by atoms with van der Waals surface area (Å²) in [6, 6.07) is 5.53. The monoisotopic (exact) mass is 512 g/mol. The summed E-state index contributed by atoms with van der Waals surface area (Å²) in [5.74, 6) is -1.61. The third-order valence-electron chi connectivity index (χ3n) is 6.67. The van der Waals surface area contributed by atoms with Gasteiger partial charge in [0.15, 0.2) is 0 Å². The van der Waals surface area contributed by atoms with E-state index in [4.69, 9.17) is 21.6 Å². The van der Waals surface area contributed by atoms with Gasteiger partial charge in [0.05, 0.1) is 17.9 Å². The number of halogens is 2. The van der Waals surface area contributed by atoms with E-state index in [0.29, 0.717) is 32.2 Å². The summed E-state index contributed by atoms with van der Waals surface area (Å²) in [4.78, 5) is 27.4. The van der Waals surface area contributed by atoms with Crippen LogP contribution in [0.4, 0.5) is 4.39 Å². The molecule has 4 rings (SSSR count). The van der Waals surface area contributed by atoms with Gasteiger partial charge in [-0.15, -0.1) is 0 Å². The highest BCUT2D eigenvalue weighted by atomic mass is 35.5. The summed E-state index contributed by atoms with van der Waals surface area (Å²) < 4.78 is 46.6. The average molecular weight is 513 g/mol. The third-order valence-corrected chi connectivity index (χ3v) is 9.18. The van der Waals surface area contributed by atoms with Crippen molar-refractivity contribution in [2.75, 3.05) is 26.2 Å². The van der Waals surface area contributed by atoms with Crippen LogP contribution < -0.4 is 5.32 Å². The van der Waals surface area contributed by atoms with Crippen molar-refractivity contribution in [2.24, 2.45) is 5.92 Å². The predicted molar refractivity (Wildman–Crippen MR) is 120 cm³/mol. The number of likely N-dealkylation sites (tertiary alicyclic amines) is 1. The zero-order chi connectivity index (χ0) is 24.5. The van der Waals surface area contributed by atoms with Gasteiger partial charge in [0.25, 0.3) is 5.91 Å². The lowest BCUT2D eigenvalue weighted by Gasteiger charge is -2.39. The minimum atomic E-state index is -3.63. The van der Waals surface area contributed by atoms with Crippen molar-refractivity contribution in [3.8, 4) is 6.07 Å². The third kappa shape index (κ3) is 5.05. The fraction of sp³-hybridized carbons (Fsp3) is 0.591. The van der Waals surface area contributed by atoms with Gasteiger partial charge >= 0.3 is 0 Å². The molecule has 12 heteroatoms. The van der Waals surface area contributed by atoms with Crippen LogP contribution in [0.15, 0.2) is 18.2 Å². The van der Waals surface area contributed by atoms with Crippen molar-refractivity contribution in [1.82, 2.24) is 14.5 Å². The Balaban J connectivity index is 1.36. The molecule has 2 aliphatic heterocycles. The van der Waals surface area contributed by atoms with Crippen molar-refractivity contribution in [3.05, 3.63) is 34.6 Å². The van der Waals surface area contributed by atoms with E-state index in [-0.39, 0.29) is 42.7 Å². The van der Waals surface area contributed by atoms with Crippen molar-refractivity contribution in [2.45, 2.75) is 49.6 Å². The first-order valence-electron chi connectivity index (χ1n) is 11.2. The summed E-state index contributed by atoms with van der Waals surface area (Å²) >= 11 is 5.75. The van der Waals surface area contributed by atoms with Gasteiger partial charge in [-0.3, -0.25) is 9.59 Å². The molecule has 0 bridgehead atoms. The quantitative estimate of drug-likeness (QED) is 0.615. The van der Waals surface area contributed by atoms with Gasteiger partial charge in [0, 0.05) is 42.7 Å². The molecule has 0 radical (unpaired) electrons. The Hall–Kier alpha value is -2.26. The molecule has 1 aromatic rings. The molecule has 1 saturated carbocycles. The first-order valence-corrected chi connectivity index (χ1v) is 13.1. The van der Waals surface area contributed by atoms with E-state index >= 15 is 0 Å². The lowest BCUT2D eigenvalue weighted by Crippen LogP contribution is -2.57. The molecule has 9 nitrogen and oxygen atoms in total. The maximum absolute atomic E-state index is 14.0. The van der Waals surface area contributed by atoms with Crippen molar-refractivity contribution < 1.29 is 27.1 Å². The highest BCUT2D eigenvalue weighted by molar-refractivity contribution is 7.89. The second-order valence-electron chi connectivity index (χ2n) is 8.83. The first-order chi connectivity index (χ1) is 16.2. The van der Waals surface area contributed by atoms with Crippen LogP contribution in [0.3, 0.4) is 0 Å². The number of nitriles is 1. The first kappa shape index (κ1) is 24.9. The molecule has 2 saturated heterocycles. The molecule has 0 aromatic heterocycles. The Labute approximate surface area is 202 Å². The lowest BCUT2D eigenvalue weighted by atomic mass is 9.86. The summed E-state index contributed by atoms with van der Waals surface area (Å²) in [6.07, 6.45) is 0.672. The van der Waals surface area contributed by atoms with Gasteiger partial charge in [0.2, 0.25) is 15.9 Å². The number of carbonyl (C=O) groups excluding carboxylic acids is 2. The zero-order valence-electron chi connectivity index (χ0n) is 18.5. The minimum Gasteiger partial charge on any atom is -0.366 e. The van der Waals surface area contributed by atoms with E-state index in [1.807, 2.05) is 0 Å².